The molecule has 6 nitrogen and oxygen atoms in total. The van der Waals surface area contributed by atoms with Gasteiger partial charge >= 0.3 is 0 Å². The van der Waals surface area contributed by atoms with Crippen LogP contribution in [0.25, 0.3) is 10.1 Å². The van der Waals surface area contributed by atoms with Gasteiger partial charge in [0.15, 0.2) is 0 Å². The first-order valence-corrected chi connectivity index (χ1v) is 11.4. The monoisotopic (exact) mass is 432 g/mol. The van der Waals surface area contributed by atoms with Crippen LogP contribution in [-0.4, -0.2) is 41.1 Å². The Kier molecular flexibility index (Phi) is 6.26. The number of hydrogen-bond donors (Lipinski definition) is 1. The largest absolute Gasteiger partial charge is 0.383 e. The molecule has 0 saturated heterocycles. The molecule has 1 atom stereocenters. The first-order valence-electron chi connectivity index (χ1n) is 9.11. The average Bonchev–Trinajstić information content (AvgIpc) is 3.11. The third kappa shape index (κ3) is 4.60. The molecule has 29 heavy (non-hydrogen) atoms. The number of methoxy groups -OCH3 is 1. The molecule has 0 saturated carbocycles. The van der Waals surface area contributed by atoms with Gasteiger partial charge in [0.25, 0.3) is 15.9 Å². The van der Waals surface area contributed by atoms with Gasteiger partial charge in [-0.1, -0.05) is 17.7 Å². The summed E-state index contributed by atoms with van der Waals surface area (Å²) < 4.78 is 33.1. The zero-order valence-corrected chi connectivity index (χ0v) is 18.4. The van der Waals surface area contributed by atoms with Crippen LogP contribution in [0.3, 0.4) is 0 Å². The summed E-state index contributed by atoms with van der Waals surface area (Å²) in [4.78, 5) is 13.2. The number of carbonyl (C=O) groups excluding carboxylic acids is 1. The molecule has 0 aliphatic heterocycles. The van der Waals surface area contributed by atoms with Crippen molar-refractivity contribution >= 4 is 43.0 Å². The van der Waals surface area contributed by atoms with Gasteiger partial charge in [-0.2, -0.15) is 0 Å². The van der Waals surface area contributed by atoms with Gasteiger partial charge in [0.2, 0.25) is 0 Å². The van der Waals surface area contributed by atoms with Crippen LogP contribution < -0.4 is 9.62 Å². The number of aryl methyl sites for hydroxylation is 1. The van der Waals surface area contributed by atoms with E-state index < -0.39 is 10.0 Å². The summed E-state index contributed by atoms with van der Waals surface area (Å²) >= 11 is 1.37. The maximum atomic E-state index is 12.9. The smallest absolute Gasteiger partial charge is 0.264 e. The summed E-state index contributed by atoms with van der Waals surface area (Å²) in [6.07, 6.45) is 0. The second-order valence-corrected chi connectivity index (χ2v) is 10.0. The highest BCUT2D eigenvalue weighted by Gasteiger charge is 2.22. The molecule has 3 aromatic rings. The van der Waals surface area contributed by atoms with Gasteiger partial charge < -0.3 is 10.1 Å². The van der Waals surface area contributed by atoms with Crippen LogP contribution in [0, 0.1) is 6.92 Å². The molecule has 0 bridgehead atoms. The van der Waals surface area contributed by atoms with Crippen LogP contribution >= 0.6 is 11.3 Å². The number of ether oxygens (including phenoxy) is 1. The van der Waals surface area contributed by atoms with Gasteiger partial charge in [0.1, 0.15) is 0 Å². The van der Waals surface area contributed by atoms with Crippen LogP contribution in [0.1, 0.15) is 22.2 Å². The summed E-state index contributed by atoms with van der Waals surface area (Å²) in [5.41, 5.74) is 1.53. The second-order valence-electron chi connectivity index (χ2n) is 6.95. The van der Waals surface area contributed by atoms with Crippen molar-refractivity contribution in [3.05, 3.63) is 59.0 Å². The number of anilines is 1. The number of rotatable bonds is 7. The van der Waals surface area contributed by atoms with Crippen LogP contribution in [0.4, 0.5) is 5.69 Å². The summed E-state index contributed by atoms with van der Waals surface area (Å²) in [6, 6.07) is 13.8. The van der Waals surface area contributed by atoms with E-state index in [9.17, 15) is 13.2 Å². The van der Waals surface area contributed by atoms with Gasteiger partial charge in [-0.3, -0.25) is 9.10 Å². The fraction of sp³-hybridized carbons (Fsp3) is 0.286. The minimum Gasteiger partial charge on any atom is -0.383 e. The number of thiophene rings is 1. The van der Waals surface area contributed by atoms with Crippen molar-refractivity contribution in [2.45, 2.75) is 24.8 Å². The highest BCUT2D eigenvalue weighted by molar-refractivity contribution is 7.92. The van der Waals surface area contributed by atoms with E-state index in [1.165, 1.54) is 22.7 Å². The molecule has 1 N–H and O–H groups in total. The lowest BCUT2D eigenvalue weighted by Crippen LogP contribution is -2.35. The van der Waals surface area contributed by atoms with E-state index in [0.717, 1.165) is 15.6 Å². The normalized spacial score (nSPS) is 12.7. The number of nitrogens with zero attached hydrogens (tertiary/aromatic N) is 1. The standard InChI is InChI=1S/C21H24N2O4S2/c1-14-5-8-18(9-6-14)29(25,26)23(3)17-7-10-19-16(11-17)12-20(28-19)21(24)22-15(2)13-27-4/h5-12,15H,13H2,1-4H3,(H,22,24)/t15-/m0/s1. The van der Waals surface area contributed by atoms with Gasteiger partial charge in [-0.05, 0) is 55.6 Å². The van der Waals surface area contributed by atoms with E-state index in [4.69, 9.17) is 4.74 Å². The third-order valence-corrected chi connectivity index (χ3v) is 7.48. The average molecular weight is 433 g/mol. The fourth-order valence-electron chi connectivity index (χ4n) is 2.93. The van der Waals surface area contributed by atoms with Gasteiger partial charge in [0, 0.05) is 24.9 Å². The van der Waals surface area contributed by atoms with E-state index in [1.807, 2.05) is 19.9 Å². The summed E-state index contributed by atoms with van der Waals surface area (Å²) in [6.45, 7) is 4.22. The van der Waals surface area contributed by atoms with E-state index in [2.05, 4.69) is 5.32 Å². The zero-order valence-electron chi connectivity index (χ0n) is 16.8. The van der Waals surface area contributed by atoms with Gasteiger partial charge in [-0.25, -0.2) is 8.42 Å². The molecule has 0 aliphatic rings. The Bertz CT molecular complexity index is 1120. The predicted molar refractivity (Wildman–Crippen MR) is 117 cm³/mol. The zero-order chi connectivity index (χ0) is 21.2. The van der Waals surface area contributed by atoms with Crippen molar-refractivity contribution in [2.75, 3.05) is 25.1 Å². The van der Waals surface area contributed by atoms with Crippen molar-refractivity contribution in [1.82, 2.24) is 5.32 Å². The van der Waals surface area contributed by atoms with Crippen molar-refractivity contribution < 1.29 is 17.9 Å². The minimum absolute atomic E-state index is 0.0981. The van der Waals surface area contributed by atoms with Crippen molar-refractivity contribution in [3.63, 3.8) is 0 Å². The highest BCUT2D eigenvalue weighted by Crippen LogP contribution is 2.31. The summed E-state index contributed by atoms with van der Waals surface area (Å²) in [7, 11) is -0.547. The van der Waals surface area contributed by atoms with E-state index >= 15 is 0 Å². The molecule has 154 valence electrons. The molecule has 1 heterocycles. The van der Waals surface area contributed by atoms with Crippen LogP contribution in [-0.2, 0) is 14.8 Å². The molecule has 0 radical (unpaired) electrons. The molecule has 1 aromatic heterocycles. The van der Waals surface area contributed by atoms with Gasteiger partial charge in [-0.15, -0.1) is 11.3 Å². The molecule has 0 unspecified atom stereocenters. The van der Waals surface area contributed by atoms with E-state index in [-0.39, 0.29) is 16.8 Å². The predicted octanol–water partition coefficient (Wildman–Crippen LogP) is 3.80. The molecular weight excluding hydrogens is 408 g/mol. The Balaban J connectivity index is 1.87. The lowest BCUT2D eigenvalue weighted by Gasteiger charge is -2.19. The molecule has 8 heteroatoms. The summed E-state index contributed by atoms with van der Waals surface area (Å²) in [5, 5.41) is 3.71. The SMILES string of the molecule is COC[C@H](C)NC(=O)c1cc2cc(N(C)S(=O)(=O)c3ccc(C)cc3)ccc2s1. The summed E-state index contributed by atoms with van der Waals surface area (Å²) in [5.74, 6) is -0.169. The number of hydrogen-bond acceptors (Lipinski definition) is 5. The topological polar surface area (TPSA) is 75.7 Å². The van der Waals surface area contributed by atoms with Crippen LogP contribution in [0.2, 0.25) is 0 Å². The van der Waals surface area contributed by atoms with E-state index in [1.54, 1.807) is 49.6 Å². The van der Waals surface area contributed by atoms with E-state index in [0.29, 0.717) is 17.2 Å². The number of amides is 1. The lowest BCUT2D eigenvalue weighted by molar-refractivity contribution is 0.0909. The number of benzene rings is 2. The maximum absolute atomic E-state index is 12.9. The number of nitrogens with one attached hydrogen (secondary N) is 1. The Morgan fingerprint density at radius 1 is 1.17 bits per heavy atom. The molecule has 3 rings (SSSR count). The number of fused-ring (bicyclic) bond motifs is 1. The minimum atomic E-state index is -3.67. The third-order valence-electron chi connectivity index (χ3n) is 4.56. The first-order chi connectivity index (χ1) is 13.7. The molecule has 1 amide bonds. The molecule has 0 spiro atoms. The van der Waals surface area contributed by atoms with Gasteiger partial charge in [0.05, 0.1) is 22.1 Å². The first kappa shape index (κ1) is 21.3. The van der Waals surface area contributed by atoms with Crippen molar-refractivity contribution in [2.24, 2.45) is 0 Å². The fourth-order valence-corrected chi connectivity index (χ4v) is 5.07. The lowest BCUT2D eigenvalue weighted by atomic mass is 10.2. The Morgan fingerprint density at radius 3 is 2.52 bits per heavy atom. The number of carbonyl (C=O) groups is 1. The number of sulfonamides is 1. The maximum Gasteiger partial charge on any atom is 0.264 e. The Hall–Kier alpha value is -2.42. The van der Waals surface area contributed by atoms with Crippen molar-refractivity contribution in [1.29, 1.82) is 0 Å². The van der Waals surface area contributed by atoms with Crippen molar-refractivity contribution in [3.8, 4) is 0 Å². The highest BCUT2D eigenvalue weighted by atomic mass is 32.2. The second kappa shape index (κ2) is 8.52. The van der Waals surface area contributed by atoms with Crippen LogP contribution in [0.15, 0.2) is 53.4 Å². The van der Waals surface area contributed by atoms with Crippen LogP contribution in [0.5, 0.6) is 0 Å². The Labute approximate surface area is 175 Å². The Morgan fingerprint density at radius 2 is 1.86 bits per heavy atom. The quantitative estimate of drug-likeness (QED) is 0.616. The molecular formula is C21H24N2O4S2. The molecule has 0 fully saturated rings. The molecule has 0 aliphatic carbocycles. The molecule has 2 aromatic carbocycles.